The Kier molecular flexibility index (Phi) is 5.78. The smallest absolute Gasteiger partial charge is 0.345 e. The average molecular weight is 382 g/mol. The molecule has 0 bridgehead atoms. The Balaban J connectivity index is 1.67. The van der Waals surface area contributed by atoms with Crippen LogP contribution in [0.2, 0.25) is 0 Å². The van der Waals surface area contributed by atoms with Gasteiger partial charge in [0.2, 0.25) is 0 Å². The fourth-order valence-electron chi connectivity index (χ4n) is 2.83. The number of carbonyl (C=O) groups is 1. The minimum Gasteiger partial charge on any atom is -0.493 e. The van der Waals surface area contributed by atoms with Crippen molar-refractivity contribution in [2.24, 2.45) is 7.05 Å². The maximum atomic E-state index is 12.4. The van der Waals surface area contributed by atoms with E-state index in [-0.39, 0.29) is 24.7 Å². The summed E-state index contributed by atoms with van der Waals surface area (Å²) in [5.41, 5.74) is 1.06. The van der Waals surface area contributed by atoms with Crippen molar-refractivity contribution in [1.29, 1.82) is 0 Å². The van der Waals surface area contributed by atoms with Crippen molar-refractivity contribution in [3.63, 3.8) is 0 Å². The molecule has 3 aromatic rings. The lowest BCUT2D eigenvalue weighted by Crippen LogP contribution is -2.31. The van der Waals surface area contributed by atoms with Crippen molar-refractivity contribution in [2.45, 2.75) is 6.54 Å². The Morgan fingerprint density at radius 1 is 1.07 bits per heavy atom. The van der Waals surface area contributed by atoms with Crippen LogP contribution in [0.5, 0.6) is 11.5 Å². The molecule has 28 heavy (non-hydrogen) atoms. The molecular weight excluding hydrogens is 360 g/mol. The van der Waals surface area contributed by atoms with Gasteiger partial charge in [0.1, 0.15) is 0 Å². The number of hydrogen-bond acceptors (Lipinski definition) is 5. The lowest BCUT2D eigenvalue weighted by atomic mass is 10.2. The van der Waals surface area contributed by atoms with E-state index in [9.17, 15) is 9.59 Å². The second-order valence-corrected chi connectivity index (χ2v) is 6.08. The van der Waals surface area contributed by atoms with Crippen molar-refractivity contribution >= 4 is 5.91 Å². The SMILES string of the molecule is COc1ccc(C(=O)NCCn2nc(-c3ccccc3)n(C)c2=O)cc1OC. The van der Waals surface area contributed by atoms with Crippen LogP contribution in [0, 0.1) is 0 Å². The van der Waals surface area contributed by atoms with Gasteiger partial charge in [0, 0.05) is 24.7 Å². The van der Waals surface area contributed by atoms with Crippen LogP contribution in [0.4, 0.5) is 0 Å². The molecule has 0 saturated carbocycles. The van der Waals surface area contributed by atoms with Gasteiger partial charge in [0.25, 0.3) is 5.91 Å². The molecule has 1 amide bonds. The highest BCUT2D eigenvalue weighted by Gasteiger charge is 2.13. The first kappa shape index (κ1) is 19.2. The maximum absolute atomic E-state index is 12.4. The molecule has 0 atom stereocenters. The number of ether oxygens (including phenoxy) is 2. The summed E-state index contributed by atoms with van der Waals surface area (Å²) in [6.07, 6.45) is 0. The largest absolute Gasteiger partial charge is 0.493 e. The van der Waals surface area contributed by atoms with Gasteiger partial charge in [-0.2, -0.15) is 0 Å². The minimum atomic E-state index is -0.270. The molecule has 1 aromatic heterocycles. The highest BCUT2D eigenvalue weighted by atomic mass is 16.5. The molecule has 1 heterocycles. The summed E-state index contributed by atoms with van der Waals surface area (Å²) < 4.78 is 13.2. The van der Waals surface area contributed by atoms with Gasteiger partial charge in [-0.15, -0.1) is 5.10 Å². The summed E-state index contributed by atoms with van der Waals surface area (Å²) in [6.45, 7) is 0.525. The predicted octanol–water partition coefficient (Wildman–Crippen LogP) is 1.70. The Labute approximate surface area is 162 Å². The van der Waals surface area contributed by atoms with Crippen LogP contribution in [0.25, 0.3) is 11.4 Å². The molecule has 146 valence electrons. The zero-order valence-electron chi connectivity index (χ0n) is 16.0. The number of amides is 1. The number of benzene rings is 2. The van der Waals surface area contributed by atoms with Crippen LogP contribution in [0.3, 0.4) is 0 Å². The Morgan fingerprint density at radius 2 is 1.79 bits per heavy atom. The molecule has 8 heteroatoms. The van der Waals surface area contributed by atoms with Crippen LogP contribution in [0.15, 0.2) is 53.3 Å². The van der Waals surface area contributed by atoms with Crippen LogP contribution in [-0.2, 0) is 13.6 Å². The van der Waals surface area contributed by atoms with Crippen molar-refractivity contribution in [1.82, 2.24) is 19.7 Å². The number of aromatic nitrogens is 3. The molecule has 0 saturated heterocycles. The Hall–Kier alpha value is -3.55. The molecule has 0 aliphatic heterocycles. The van der Waals surface area contributed by atoms with Crippen LogP contribution in [-0.4, -0.2) is 41.0 Å². The first-order chi connectivity index (χ1) is 13.5. The second-order valence-electron chi connectivity index (χ2n) is 6.08. The van der Waals surface area contributed by atoms with E-state index in [4.69, 9.17) is 9.47 Å². The maximum Gasteiger partial charge on any atom is 0.345 e. The van der Waals surface area contributed by atoms with Gasteiger partial charge in [-0.25, -0.2) is 9.48 Å². The van der Waals surface area contributed by atoms with Crippen LogP contribution >= 0.6 is 0 Å². The quantitative estimate of drug-likeness (QED) is 0.672. The number of methoxy groups -OCH3 is 2. The minimum absolute atomic E-state index is 0.237. The highest BCUT2D eigenvalue weighted by molar-refractivity contribution is 5.94. The van der Waals surface area contributed by atoms with Crippen molar-refractivity contribution in [3.8, 4) is 22.9 Å². The van der Waals surface area contributed by atoms with E-state index >= 15 is 0 Å². The third kappa shape index (κ3) is 3.90. The summed E-state index contributed by atoms with van der Waals surface area (Å²) in [5, 5.41) is 7.17. The summed E-state index contributed by atoms with van der Waals surface area (Å²) in [5.74, 6) is 1.33. The number of nitrogens with zero attached hydrogens (tertiary/aromatic N) is 3. The molecule has 1 N–H and O–H groups in total. The summed E-state index contributed by atoms with van der Waals surface area (Å²) >= 11 is 0. The Morgan fingerprint density at radius 3 is 2.46 bits per heavy atom. The van der Waals surface area contributed by atoms with Crippen molar-refractivity contribution in [2.75, 3.05) is 20.8 Å². The van der Waals surface area contributed by atoms with E-state index in [0.29, 0.717) is 22.9 Å². The molecule has 0 radical (unpaired) electrons. The normalized spacial score (nSPS) is 10.5. The van der Waals surface area contributed by atoms with E-state index in [1.807, 2.05) is 30.3 Å². The molecule has 0 fully saturated rings. The van der Waals surface area contributed by atoms with Gasteiger partial charge >= 0.3 is 5.69 Å². The molecule has 0 unspecified atom stereocenters. The number of hydrogen-bond donors (Lipinski definition) is 1. The first-order valence-electron chi connectivity index (χ1n) is 8.74. The number of nitrogens with one attached hydrogen (secondary N) is 1. The summed E-state index contributed by atoms with van der Waals surface area (Å²) in [6, 6.07) is 14.4. The zero-order chi connectivity index (χ0) is 20.1. The Bertz CT molecular complexity index is 1020. The predicted molar refractivity (Wildman–Crippen MR) is 105 cm³/mol. The topological polar surface area (TPSA) is 87.4 Å². The van der Waals surface area contributed by atoms with E-state index in [1.54, 1.807) is 25.2 Å². The fraction of sp³-hybridized carbons (Fsp3) is 0.250. The van der Waals surface area contributed by atoms with Gasteiger partial charge in [0.05, 0.1) is 20.8 Å². The summed E-state index contributed by atoms with van der Waals surface area (Å²) in [4.78, 5) is 24.7. The van der Waals surface area contributed by atoms with E-state index in [2.05, 4.69) is 10.4 Å². The van der Waals surface area contributed by atoms with Crippen molar-refractivity contribution in [3.05, 3.63) is 64.6 Å². The van der Waals surface area contributed by atoms with E-state index in [0.717, 1.165) is 5.56 Å². The molecular formula is C20H22N4O4. The van der Waals surface area contributed by atoms with E-state index < -0.39 is 0 Å². The average Bonchev–Trinajstić information content (AvgIpc) is 3.02. The highest BCUT2D eigenvalue weighted by Crippen LogP contribution is 2.27. The van der Waals surface area contributed by atoms with Gasteiger partial charge in [-0.3, -0.25) is 9.36 Å². The third-order valence-electron chi connectivity index (χ3n) is 4.33. The molecule has 8 nitrogen and oxygen atoms in total. The molecule has 2 aromatic carbocycles. The first-order valence-corrected chi connectivity index (χ1v) is 8.74. The van der Waals surface area contributed by atoms with Gasteiger partial charge in [0.15, 0.2) is 17.3 Å². The molecule has 0 aliphatic rings. The second kappa shape index (κ2) is 8.43. The lowest BCUT2D eigenvalue weighted by molar-refractivity contribution is 0.0951. The van der Waals surface area contributed by atoms with E-state index in [1.165, 1.54) is 23.5 Å². The van der Waals surface area contributed by atoms with Crippen LogP contribution < -0.4 is 20.5 Å². The summed E-state index contributed by atoms with van der Waals surface area (Å²) in [7, 11) is 4.72. The zero-order valence-corrected chi connectivity index (χ0v) is 16.0. The standard InChI is InChI=1S/C20H22N4O4/c1-23-18(14-7-5-4-6-8-14)22-24(20(23)26)12-11-21-19(25)15-9-10-16(27-2)17(13-15)28-3/h4-10,13H,11-12H2,1-3H3,(H,21,25). The molecule has 3 rings (SSSR count). The fourth-order valence-corrected chi connectivity index (χ4v) is 2.83. The van der Waals surface area contributed by atoms with Gasteiger partial charge in [-0.1, -0.05) is 30.3 Å². The monoisotopic (exact) mass is 382 g/mol. The van der Waals surface area contributed by atoms with Gasteiger partial charge in [-0.05, 0) is 18.2 Å². The number of rotatable bonds is 7. The molecule has 0 aliphatic carbocycles. The van der Waals surface area contributed by atoms with Gasteiger partial charge < -0.3 is 14.8 Å². The lowest BCUT2D eigenvalue weighted by Gasteiger charge is -2.10. The van der Waals surface area contributed by atoms with Crippen LogP contribution in [0.1, 0.15) is 10.4 Å². The number of carbonyl (C=O) groups excluding carboxylic acids is 1. The van der Waals surface area contributed by atoms with Crippen molar-refractivity contribution < 1.29 is 14.3 Å². The third-order valence-corrected chi connectivity index (χ3v) is 4.33. The molecule has 0 spiro atoms.